The fourth-order valence-electron chi connectivity index (χ4n) is 0.890. The van der Waals surface area contributed by atoms with Gasteiger partial charge in [-0.3, -0.25) is 0 Å². The maximum atomic E-state index is 5.65. The minimum Gasteiger partial charge on any atom is -0.321 e. The first-order valence-electron chi connectivity index (χ1n) is 3.24. The molecular formula is C7H13N3. The zero-order chi connectivity index (χ0) is 7.78. The van der Waals surface area contributed by atoms with E-state index >= 15 is 0 Å². The monoisotopic (exact) mass is 139 g/mol. The molecule has 0 radical (unpaired) electrons. The largest absolute Gasteiger partial charge is 0.321 e. The minimum absolute atomic E-state index is 0.0276. The summed E-state index contributed by atoms with van der Waals surface area (Å²) in [6, 6.07) is -0.0276. The molecule has 0 spiro atoms. The average molecular weight is 139 g/mol. The molecule has 0 aromatic heterocycles. The van der Waals surface area contributed by atoms with Gasteiger partial charge in [-0.2, -0.15) is 0 Å². The molecule has 0 aromatic carbocycles. The first-order valence-corrected chi connectivity index (χ1v) is 3.24. The van der Waals surface area contributed by atoms with Gasteiger partial charge in [-0.1, -0.05) is 12.2 Å². The lowest BCUT2D eigenvalue weighted by molar-refractivity contribution is 0.628. The van der Waals surface area contributed by atoms with Gasteiger partial charge in [0.15, 0.2) is 0 Å². The third kappa shape index (κ3) is 1.26. The molecule has 10 heavy (non-hydrogen) atoms. The van der Waals surface area contributed by atoms with Crippen LogP contribution in [0.2, 0.25) is 0 Å². The van der Waals surface area contributed by atoms with Crippen LogP contribution in [0, 0.1) is 0 Å². The molecule has 56 valence electrons. The molecule has 0 saturated carbocycles. The third-order valence-corrected chi connectivity index (χ3v) is 1.72. The Labute approximate surface area is 60.6 Å². The number of nitrogens with two attached hydrogens (primary N) is 3. The van der Waals surface area contributed by atoms with Gasteiger partial charge in [0.25, 0.3) is 0 Å². The van der Waals surface area contributed by atoms with Gasteiger partial charge >= 0.3 is 0 Å². The van der Waals surface area contributed by atoms with Crippen LogP contribution in [0.1, 0.15) is 6.92 Å². The average Bonchev–Trinajstić information content (AvgIpc) is 1.81. The molecule has 0 aromatic rings. The molecule has 1 rings (SSSR count). The van der Waals surface area contributed by atoms with Gasteiger partial charge in [-0.25, -0.2) is 0 Å². The standard InChI is InChI=1S/C7H13N3/c1-5-4-6(8)2-3-7(5,9)10/h2-4,6H,8-10H2,1H3. The highest BCUT2D eigenvalue weighted by Crippen LogP contribution is 2.14. The molecule has 0 saturated heterocycles. The molecule has 0 amide bonds. The molecule has 1 aliphatic carbocycles. The first kappa shape index (κ1) is 7.47. The normalized spacial score (nSPS) is 30.0. The first-order chi connectivity index (χ1) is 4.52. The van der Waals surface area contributed by atoms with E-state index in [1.165, 1.54) is 0 Å². The highest BCUT2D eigenvalue weighted by molar-refractivity contribution is 5.31. The molecule has 0 fully saturated rings. The summed E-state index contributed by atoms with van der Waals surface area (Å²) < 4.78 is 0. The molecule has 3 heteroatoms. The Kier molecular flexibility index (Phi) is 1.64. The van der Waals surface area contributed by atoms with Crippen molar-refractivity contribution in [3.8, 4) is 0 Å². The summed E-state index contributed by atoms with van der Waals surface area (Å²) in [5.74, 6) is 0. The summed E-state index contributed by atoms with van der Waals surface area (Å²) in [6.45, 7) is 1.88. The van der Waals surface area contributed by atoms with E-state index in [4.69, 9.17) is 17.2 Å². The molecule has 1 unspecified atom stereocenters. The van der Waals surface area contributed by atoms with Crippen molar-refractivity contribution in [2.45, 2.75) is 18.6 Å². The van der Waals surface area contributed by atoms with E-state index in [9.17, 15) is 0 Å². The molecular weight excluding hydrogens is 126 g/mol. The summed E-state index contributed by atoms with van der Waals surface area (Å²) in [5, 5.41) is 0. The van der Waals surface area contributed by atoms with Crippen LogP contribution in [0.5, 0.6) is 0 Å². The van der Waals surface area contributed by atoms with Crippen LogP contribution in [0.4, 0.5) is 0 Å². The van der Waals surface area contributed by atoms with Crippen LogP contribution in [-0.4, -0.2) is 11.7 Å². The second kappa shape index (κ2) is 2.20. The van der Waals surface area contributed by atoms with Crippen molar-refractivity contribution in [2.24, 2.45) is 17.2 Å². The molecule has 0 bridgehead atoms. The van der Waals surface area contributed by atoms with E-state index in [0.29, 0.717) is 0 Å². The molecule has 1 aliphatic rings. The zero-order valence-corrected chi connectivity index (χ0v) is 6.04. The van der Waals surface area contributed by atoms with E-state index in [1.54, 1.807) is 12.2 Å². The minimum atomic E-state index is -0.782. The van der Waals surface area contributed by atoms with E-state index in [0.717, 1.165) is 5.57 Å². The van der Waals surface area contributed by atoms with Crippen LogP contribution in [0.3, 0.4) is 0 Å². The lowest BCUT2D eigenvalue weighted by Gasteiger charge is -2.26. The van der Waals surface area contributed by atoms with Gasteiger partial charge in [-0.05, 0) is 18.6 Å². The van der Waals surface area contributed by atoms with E-state index in [1.807, 2.05) is 13.0 Å². The van der Waals surface area contributed by atoms with Crippen LogP contribution in [0.25, 0.3) is 0 Å². The van der Waals surface area contributed by atoms with Crippen molar-refractivity contribution in [2.75, 3.05) is 0 Å². The predicted octanol–water partition coefficient (Wildman–Crippen LogP) is -0.556. The van der Waals surface area contributed by atoms with Crippen molar-refractivity contribution in [1.82, 2.24) is 0 Å². The van der Waals surface area contributed by atoms with E-state index in [-0.39, 0.29) is 6.04 Å². The van der Waals surface area contributed by atoms with Gasteiger partial charge in [0.05, 0.1) is 0 Å². The van der Waals surface area contributed by atoms with Crippen molar-refractivity contribution in [1.29, 1.82) is 0 Å². The van der Waals surface area contributed by atoms with Gasteiger partial charge in [0, 0.05) is 6.04 Å². The Bertz CT molecular complexity index is 191. The van der Waals surface area contributed by atoms with Crippen LogP contribution >= 0.6 is 0 Å². The van der Waals surface area contributed by atoms with E-state index in [2.05, 4.69) is 0 Å². The van der Waals surface area contributed by atoms with Crippen molar-refractivity contribution < 1.29 is 0 Å². The van der Waals surface area contributed by atoms with Gasteiger partial charge in [0.1, 0.15) is 5.66 Å². The van der Waals surface area contributed by atoms with Gasteiger partial charge in [0.2, 0.25) is 0 Å². The Morgan fingerprint density at radius 3 is 2.50 bits per heavy atom. The second-order valence-electron chi connectivity index (χ2n) is 2.72. The highest BCUT2D eigenvalue weighted by Gasteiger charge is 2.20. The number of rotatable bonds is 0. The maximum Gasteiger partial charge on any atom is 0.105 e. The van der Waals surface area contributed by atoms with Gasteiger partial charge in [-0.15, -0.1) is 0 Å². The lowest BCUT2D eigenvalue weighted by Crippen LogP contribution is -2.50. The Hall–Kier alpha value is -0.640. The Balaban J connectivity index is 2.87. The summed E-state index contributed by atoms with van der Waals surface area (Å²) in [7, 11) is 0. The SMILES string of the molecule is CC1=CC(N)C=CC1(N)N. The fourth-order valence-corrected chi connectivity index (χ4v) is 0.890. The van der Waals surface area contributed by atoms with Crippen molar-refractivity contribution in [3.63, 3.8) is 0 Å². The summed E-state index contributed by atoms with van der Waals surface area (Å²) in [6.07, 6.45) is 5.39. The summed E-state index contributed by atoms with van der Waals surface area (Å²) >= 11 is 0. The third-order valence-electron chi connectivity index (χ3n) is 1.72. The lowest BCUT2D eigenvalue weighted by atomic mass is 9.95. The molecule has 0 aliphatic heterocycles. The quantitative estimate of drug-likeness (QED) is 0.311. The fraction of sp³-hybridized carbons (Fsp3) is 0.429. The number of hydrogen-bond acceptors (Lipinski definition) is 3. The molecule has 1 atom stereocenters. The molecule has 6 N–H and O–H groups in total. The maximum absolute atomic E-state index is 5.65. The summed E-state index contributed by atoms with van der Waals surface area (Å²) in [5.41, 5.74) is 17.0. The van der Waals surface area contributed by atoms with E-state index < -0.39 is 5.66 Å². The Morgan fingerprint density at radius 1 is 1.50 bits per heavy atom. The Morgan fingerprint density at radius 2 is 2.10 bits per heavy atom. The smallest absolute Gasteiger partial charge is 0.105 e. The van der Waals surface area contributed by atoms with Crippen molar-refractivity contribution in [3.05, 3.63) is 23.8 Å². The topological polar surface area (TPSA) is 78.1 Å². The second-order valence-corrected chi connectivity index (χ2v) is 2.72. The van der Waals surface area contributed by atoms with Crippen LogP contribution < -0.4 is 17.2 Å². The van der Waals surface area contributed by atoms with Gasteiger partial charge < -0.3 is 17.2 Å². The van der Waals surface area contributed by atoms with Crippen molar-refractivity contribution >= 4 is 0 Å². The highest BCUT2D eigenvalue weighted by atomic mass is 14.9. The predicted molar refractivity (Wildman–Crippen MR) is 42.0 cm³/mol. The van der Waals surface area contributed by atoms with Crippen LogP contribution in [0.15, 0.2) is 23.8 Å². The van der Waals surface area contributed by atoms with Crippen LogP contribution in [-0.2, 0) is 0 Å². The summed E-state index contributed by atoms with van der Waals surface area (Å²) in [4.78, 5) is 0. The molecule has 3 nitrogen and oxygen atoms in total. The zero-order valence-electron chi connectivity index (χ0n) is 6.04. The molecule has 0 heterocycles. The number of hydrogen-bond donors (Lipinski definition) is 3.